The number of nitrogens with zero attached hydrogens (tertiary/aromatic N) is 1. The molecule has 4 heteroatoms. The van der Waals surface area contributed by atoms with E-state index in [1.165, 1.54) is 32.2 Å². The van der Waals surface area contributed by atoms with E-state index in [9.17, 15) is 0 Å². The van der Waals surface area contributed by atoms with Gasteiger partial charge >= 0.3 is 0 Å². The van der Waals surface area contributed by atoms with Crippen LogP contribution < -0.4 is 15.2 Å². The van der Waals surface area contributed by atoms with Crippen LogP contribution in [-0.2, 0) is 0 Å². The summed E-state index contributed by atoms with van der Waals surface area (Å²) in [5.41, 5.74) is 7.53. The molecule has 2 N–H and O–H groups in total. The van der Waals surface area contributed by atoms with Gasteiger partial charge < -0.3 is 15.2 Å². The lowest BCUT2D eigenvalue weighted by Gasteiger charge is -2.36. The van der Waals surface area contributed by atoms with Gasteiger partial charge in [0, 0.05) is 18.6 Å². The van der Waals surface area contributed by atoms with Gasteiger partial charge in [0.05, 0.1) is 0 Å². The molecule has 2 aliphatic heterocycles. The average molecular weight is 276 g/mol. The number of nitrogens with two attached hydrogens (primary N) is 1. The van der Waals surface area contributed by atoms with Gasteiger partial charge in [-0.25, -0.2) is 0 Å². The fraction of sp³-hybridized carbons (Fsp3) is 0.625. The van der Waals surface area contributed by atoms with Crippen LogP contribution in [0.15, 0.2) is 18.2 Å². The van der Waals surface area contributed by atoms with Gasteiger partial charge in [-0.05, 0) is 43.5 Å². The molecule has 4 nitrogen and oxygen atoms in total. The predicted octanol–water partition coefficient (Wildman–Crippen LogP) is 2.68. The van der Waals surface area contributed by atoms with E-state index in [0.29, 0.717) is 12.8 Å². The first kappa shape index (κ1) is 13.7. The molecule has 0 radical (unpaired) electrons. The molecule has 2 heterocycles. The molecule has 2 atom stereocenters. The first-order valence-electron chi connectivity index (χ1n) is 7.67. The monoisotopic (exact) mass is 276 g/mol. The molecule has 110 valence electrons. The standard InChI is InChI=1S/C16H24N2O2/c1-2-13-5-3-4-8-18(13)10-14(17)12-6-7-15-16(9-12)20-11-19-15/h6-7,9,13-14H,2-5,8,10-11,17H2,1H3. The molecular weight excluding hydrogens is 252 g/mol. The van der Waals surface area contributed by atoms with E-state index < -0.39 is 0 Å². The normalized spacial score (nSPS) is 23.8. The highest BCUT2D eigenvalue weighted by Crippen LogP contribution is 2.34. The van der Waals surface area contributed by atoms with E-state index in [-0.39, 0.29) is 6.04 Å². The van der Waals surface area contributed by atoms with Crippen molar-refractivity contribution < 1.29 is 9.47 Å². The van der Waals surface area contributed by atoms with Crippen molar-refractivity contribution in [1.82, 2.24) is 4.90 Å². The number of benzene rings is 1. The molecule has 1 saturated heterocycles. The van der Waals surface area contributed by atoms with Crippen molar-refractivity contribution in [3.63, 3.8) is 0 Å². The molecule has 1 fully saturated rings. The highest BCUT2D eigenvalue weighted by atomic mass is 16.7. The number of piperidine rings is 1. The molecular formula is C16H24N2O2. The Bertz CT molecular complexity index is 464. The predicted molar refractivity (Wildman–Crippen MR) is 79.0 cm³/mol. The molecule has 1 aromatic rings. The summed E-state index contributed by atoms with van der Waals surface area (Å²) in [6, 6.07) is 6.78. The zero-order chi connectivity index (χ0) is 13.9. The second-order valence-corrected chi connectivity index (χ2v) is 5.77. The number of hydrogen-bond donors (Lipinski definition) is 1. The van der Waals surface area contributed by atoms with Crippen molar-refractivity contribution in [3.05, 3.63) is 23.8 Å². The maximum Gasteiger partial charge on any atom is 0.231 e. The van der Waals surface area contributed by atoms with E-state index >= 15 is 0 Å². The smallest absolute Gasteiger partial charge is 0.231 e. The number of ether oxygens (including phenoxy) is 2. The Kier molecular flexibility index (Phi) is 4.13. The maximum absolute atomic E-state index is 6.40. The zero-order valence-electron chi connectivity index (χ0n) is 12.2. The van der Waals surface area contributed by atoms with E-state index in [1.807, 2.05) is 12.1 Å². The second-order valence-electron chi connectivity index (χ2n) is 5.77. The summed E-state index contributed by atoms with van der Waals surface area (Å²) >= 11 is 0. The molecule has 0 bridgehead atoms. The minimum atomic E-state index is 0.0386. The van der Waals surface area contributed by atoms with Crippen molar-refractivity contribution in [2.24, 2.45) is 5.73 Å². The summed E-state index contributed by atoms with van der Waals surface area (Å²) in [7, 11) is 0. The van der Waals surface area contributed by atoms with Gasteiger partial charge in [0.25, 0.3) is 0 Å². The molecule has 0 saturated carbocycles. The van der Waals surface area contributed by atoms with Gasteiger partial charge in [-0.2, -0.15) is 0 Å². The van der Waals surface area contributed by atoms with Gasteiger partial charge in [-0.3, -0.25) is 4.90 Å². The fourth-order valence-electron chi connectivity index (χ4n) is 3.26. The molecule has 0 amide bonds. The average Bonchev–Trinajstić information content (AvgIpc) is 2.95. The summed E-state index contributed by atoms with van der Waals surface area (Å²) in [5, 5.41) is 0. The van der Waals surface area contributed by atoms with Crippen LogP contribution >= 0.6 is 0 Å². The van der Waals surface area contributed by atoms with Crippen LogP contribution in [0.2, 0.25) is 0 Å². The first-order valence-corrected chi connectivity index (χ1v) is 7.67. The summed E-state index contributed by atoms with van der Waals surface area (Å²) in [5.74, 6) is 1.65. The lowest BCUT2D eigenvalue weighted by molar-refractivity contribution is 0.135. The number of fused-ring (bicyclic) bond motifs is 1. The van der Waals surface area contributed by atoms with E-state index in [1.54, 1.807) is 0 Å². The molecule has 0 aliphatic carbocycles. The highest BCUT2D eigenvalue weighted by molar-refractivity contribution is 5.45. The Morgan fingerprint density at radius 2 is 2.15 bits per heavy atom. The first-order chi connectivity index (χ1) is 9.78. The van der Waals surface area contributed by atoms with Gasteiger partial charge in [-0.1, -0.05) is 19.4 Å². The third-order valence-electron chi connectivity index (χ3n) is 4.48. The van der Waals surface area contributed by atoms with Gasteiger partial charge in [0.15, 0.2) is 11.5 Å². The van der Waals surface area contributed by atoms with E-state index in [4.69, 9.17) is 15.2 Å². The van der Waals surface area contributed by atoms with Crippen molar-refractivity contribution in [3.8, 4) is 11.5 Å². The topological polar surface area (TPSA) is 47.7 Å². The Morgan fingerprint density at radius 3 is 3.00 bits per heavy atom. The summed E-state index contributed by atoms with van der Waals surface area (Å²) in [6.45, 7) is 4.70. The fourth-order valence-corrected chi connectivity index (χ4v) is 3.26. The van der Waals surface area contributed by atoms with Crippen LogP contribution in [0, 0.1) is 0 Å². The summed E-state index contributed by atoms with van der Waals surface area (Å²) in [6.07, 6.45) is 5.18. The van der Waals surface area contributed by atoms with Gasteiger partial charge in [-0.15, -0.1) is 0 Å². The van der Waals surface area contributed by atoms with Crippen LogP contribution in [0.3, 0.4) is 0 Å². The number of rotatable bonds is 4. The quantitative estimate of drug-likeness (QED) is 0.918. The Labute approximate surface area is 120 Å². The largest absolute Gasteiger partial charge is 0.454 e. The van der Waals surface area contributed by atoms with Crippen molar-refractivity contribution in [2.75, 3.05) is 19.9 Å². The molecule has 2 aliphatic rings. The Morgan fingerprint density at radius 1 is 1.30 bits per heavy atom. The van der Waals surface area contributed by atoms with Crippen molar-refractivity contribution >= 4 is 0 Å². The maximum atomic E-state index is 6.40. The molecule has 0 aromatic heterocycles. The highest BCUT2D eigenvalue weighted by Gasteiger charge is 2.24. The minimum absolute atomic E-state index is 0.0386. The third kappa shape index (κ3) is 2.76. The molecule has 2 unspecified atom stereocenters. The zero-order valence-corrected chi connectivity index (χ0v) is 12.2. The molecule has 3 rings (SSSR count). The summed E-state index contributed by atoms with van der Waals surface area (Å²) < 4.78 is 10.8. The summed E-state index contributed by atoms with van der Waals surface area (Å²) in [4.78, 5) is 2.55. The van der Waals surface area contributed by atoms with Gasteiger partial charge in [0.1, 0.15) is 0 Å². The van der Waals surface area contributed by atoms with E-state index in [2.05, 4.69) is 17.9 Å². The minimum Gasteiger partial charge on any atom is -0.454 e. The van der Waals surface area contributed by atoms with Gasteiger partial charge in [0.2, 0.25) is 6.79 Å². The lowest BCUT2D eigenvalue weighted by atomic mass is 9.98. The van der Waals surface area contributed by atoms with Crippen LogP contribution in [0.4, 0.5) is 0 Å². The van der Waals surface area contributed by atoms with Crippen molar-refractivity contribution in [2.45, 2.75) is 44.7 Å². The number of hydrogen-bond acceptors (Lipinski definition) is 4. The SMILES string of the molecule is CCC1CCCCN1CC(N)c1ccc2c(c1)OCO2. The lowest BCUT2D eigenvalue weighted by Crippen LogP contribution is -2.42. The Balaban J connectivity index is 1.67. The molecule has 0 spiro atoms. The van der Waals surface area contributed by atoms with Crippen LogP contribution in [-0.4, -0.2) is 30.8 Å². The second kappa shape index (κ2) is 6.02. The molecule has 1 aromatic carbocycles. The van der Waals surface area contributed by atoms with Crippen LogP contribution in [0.5, 0.6) is 11.5 Å². The van der Waals surface area contributed by atoms with Crippen LogP contribution in [0.25, 0.3) is 0 Å². The third-order valence-corrected chi connectivity index (χ3v) is 4.48. The molecule has 20 heavy (non-hydrogen) atoms. The Hall–Kier alpha value is -1.26. The number of likely N-dealkylation sites (tertiary alicyclic amines) is 1. The van der Waals surface area contributed by atoms with Crippen molar-refractivity contribution in [1.29, 1.82) is 0 Å². The van der Waals surface area contributed by atoms with Crippen LogP contribution in [0.1, 0.15) is 44.2 Å². The van der Waals surface area contributed by atoms with E-state index in [0.717, 1.165) is 23.6 Å².